The van der Waals surface area contributed by atoms with Gasteiger partial charge in [-0.2, -0.15) is 0 Å². The van der Waals surface area contributed by atoms with Crippen LogP contribution in [0.25, 0.3) is 0 Å². The van der Waals surface area contributed by atoms with Crippen LogP contribution in [-0.4, -0.2) is 11.6 Å². The highest BCUT2D eigenvalue weighted by atomic mass is 16.1. The van der Waals surface area contributed by atoms with Gasteiger partial charge in [0.25, 0.3) is 0 Å². The van der Waals surface area contributed by atoms with Crippen LogP contribution in [0.2, 0.25) is 0 Å². The van der Waals surface area contributed by atoms with Gasteiger partial charge in [-0.25, -0.2) is 0 Å². The first-order valence-corrected chi connectivity index (χ1v) is 5.55. The molecule has 0 unspecified atom stereocenters. The van der Waals surface area contributed by atoms with Gasteiger partial charge in [-0.3, -0.25) is 9.59 Å². The summed E-state index contributed by atoms with van der Waals surface area (Å²) >= 11 is 0. The van der Waals surface area contributed by atoms with Crippen molar-refractivity contribution in [1.82, 2.24) is 0 Å². The highest BCUT2D eigenvalue weighted by Crippen LogP contribution is 2.28. The Morgan fingerprint density at radius 2 is 1.94 bits per heavy atom. The standard InChI is InChI=1S/C14H14O2/c1-2-11-12(8-9-13(11)15)14(16)10-6-4-3-5-7-10/h3-9,11-12H,2H2,1H3/t11-,12+/m1/s1. The molecule has 0 heterocycles. The van der Waals surface area contributed by atoms with Gasteiger partial charge in [0, 0.05) is 11.5 Å². The Hall–Kier alpha value is -1.70. The number of allylic oxidation sites excluding steroid dienone is 2. The van der Waals surface area contributed by atoms with Crippen molar-refractivity contribution in [1.29, 1.82) is 0 Å². The summed E-state index contributed by atoms with van der Waals surface area (Å²) < 4.78 is 0. The van der Waals surface area contributed by atoms with Crippen LogP contribution in [0.5, 0.6) is 0 Å². The molecule has 0 fully saturated rings. The smallest absolute Gasteiger partial charge is 0.170 e. The van der Waals surface area contributed by atoms with E-state index in [1.54, 1.807) is 24.3 Å². The molecular formula is C14H14O2. The Kier molecular flexibility index (Phi) is 3.00. The van der Waals surface area contributed by atoms with Crippen molar-refractivity contribution >= 4 is 11.6 Å². The highest BCUT2D eigenvalue weighted by molar-refractivity contribution is 6.06. The van der Waals surface area contributed by atoms with E-state index in [0.29, 0.717) is 5.56 Å². The van der Waals surface area contributed by atoms with E-state index in [4.69, 9.17) is 0 Å². The second-order valence-electron chi connectivity index (χ2n) is 4.03. The lowest BCUT2D eigenvalue weighted by molar-refractivity contribution is -0.118. The van der Waals surface area contributed by atoms with Crippen molar-refractivity contribution in [3.05, 3.63) is 48.0 Å². The Balaban J connectivity index is 2.24. The maximum Gasteiger partial charge on any atom is 0.170 e. The molecule has 0 saturated heterocycles. The summed E-state index contributed by atoms with van der Waals surface area (Å²) in [5.41, 5.74) is 0.685. The summed E-state index contributed by atoms with van der Waals surface area (Å²) in [6.07, 6.45) is 4.00. The normalized spacial score (nSPS) is 23.7. The Morgan fingerprint density at radius 1 is 1.25 bits per heavy atom. The lowest BCUT2D eigenvalue weighted by atomic mass is 9.86. The number of carbonyl (C=O) groups is 2. The van der Waals surface area contributed by atoms with Crippen molar-refractivity contribution in [2.24, 2.45) is 11.8 Å². The zero-order valence-electron chi connectivity index (χ0n) is 9.22. The predicted octanol–water partition coefficient (Wildman–Crippen LogP) is 2.65. The molecule has 16 heavy (non-hydrogen) atoms. The minimum Gasteiger partial charge on any atom is -0.295 e. The van der Waals surface area contributed by atoms with Crippen LogP contribution < -0.4 is 0 Å². The van der Waals surface area contributed by atoms with Gasteiger partial charge in [0.15, 0.2) is 11.6 Å². The van der Waals surface area contributed by atoms with E-state index in [1.807, 2.05) is 25.1 Å². The lowest BCUT2D eigenvalue weighted by Gasteiger charge is -2.14. The average molecular weight is 214 g/mol. The molecular weight excluding hydrogens is 200 g/mol. The molecule has 1 aliphatic carbocycles. The monoisotopic (exact) mass is 214 g/mol. The van der Waals surface area contributed by atoms with E-state index >= 15 is 0 Å². The summed E-state index contributed by atoms with van der Waals surface area (Å²) in [6.45, 7) is 1.95. The quantitative estimate of drug-likeness (QED) is 0.725. The first-order chi connectivity index (χ1) is 7.74. The van der Waals surface area contributed by atoms with Crippen LogP contribution in [0.1, 0.15) is 23.7 Å². The van der Waals surface area contributed by atoms with Crippen LogP contribution >= 0.6 is 0 Å². The van der Waals surface area contributed by atoms with Gasteiger partial charge >= 0.3 is 0 Å². The van der Waals surface area contributed by atoms with E-state index < -0.39 is 0 Å². The van der Waals surface area contributed by atoms with Crippen LogP contribution in [0, 0.1) is 11.8 Å². The van der Waals surface area contributed by atoms with Gasteiger partial charge < -0.3 is 0 Å². The zero-order valence-corrected chi connectivity index (χ0v) is 9.22. The fourth-order valence-electron chi connectivity index (χ4n) is 2.15. The van der Waals surface area contributed by atoms with Gasteiger partial charge in [0.2, 0.25) is 0 Å². The molecule has 1 aliphatic rings. The maximum atomic E-state index is 12.2. The molecule has 0 aliphatic heterocycles. The summed E-state index contributed by atoms with van der Waals surface area (Å²) in [5, 5.41) is 0. The van der Waals surface area contributed by atoms with Gasteiger partial charge in [0.1, 0.15) is 0 Å². The second kappa shape index (κ2) is 4.44. The number of Topliss-reactive ketones (excluding diaryl/α,β-unsaturated/α-hetero) is 1. The fraction of sp³-hybridized carbons (Fsp3) is 0.286. The summed E-state index contributed by atoms with van der Waals surface area (Å²) in [6, 6.07) is 9.16. The third-order valence-corrected chi connectivity index (χ3v) is 3.07. The zero-order chi connectivity index (χ0) is 11.5. The number of rotatable bonds is 3. The fourth-order valence-corrected chi connectivity index (χ4v) is 2.15. The van der Waals surface area contributed by atoms with Crippen molar-refractivity contribution in [3.8, 4) is 0 Å². The van der Waals surface area contributed by atoms with Crippen LogP contribution in [0.4, 0.5) is 0 Å². The molecule has 0 N–H and O–H groups in total. The number of ketones is 2. The third-order valence-electron chi connectivity index (χ3n) is 3.07. The van der Waals surface area contributed by atoms with Gasteiger partial charge in [-0.1, -0.05) is 43.3 Å². The minimum absolute atomic E-state index is 0.0505. The molecule has 0 bridgehead atoms. The maximum absolute atomic E-state index is 12.2. The minimum atomic E-state index is -0.264. The van der Waals surface area contributed by atoms with Crippen molar-refractivity contribution in [2.45, 2.75) is 13.3 Å². The Bertz CT molecular complexity index is 431. The molecule has 0 spiro atoms. The highest BCUT2D eigenvalue weighted by Gasteiger charge is 2.33. The van der Waals surface area contributed by atoms with Crippen molar-refractivity contribution < 1.29 is 9.59 Å². The average Bonchev–Trinajstić information content (AvgIpc) is 2.70. The first kappa shape index (κ1) is 10.8. The van der Waals surface area contributed by atoms with Crippen LogP contribution in [0.3, 0.4) is 0 Å². The summed E-state index contributed by atoms with van der Waals surface area (Å²) in [4.78, 5) is 23.7. The molecule has 1 aromatic rings. The summed E-state index contributed by atoms with van der Waals surface area (Å²) in [7, 11) is 0. The molecule has 0 amide bonds. The SMILES string of the molecule is CC[C@H]1C(=O)C=C[C@@H]1C(=O)c1ccccc1. The number of benzene rings is 1. The molecule has 2 rings (SSSR count). The van der Waals surface area contributed by atoms with Gasteiger partial charge in [-0.05, 0) is 12.5 Å². The molecule has 82 valence electrons. The Labute approximate surface area is 95.0 Å². The van der Waals surface area contributed by atoms with E-state index in [0.717, 1.165) is 6.42 Å². The molecule has 0 aromatic heterocycles. The van der Waals surface area contributed by atoms with E-state index in [9.17, 15) is 9.59 Å². The van der Waals surface area contributed by atoms with Crippen LogP contribution in [-0.2, 0) is 4.79 Å². The van der Waals surface area contributed by atoms with Gasteiger partial charge in [0.05, 0.1) is 5.92 Å². The molecule has 2 atom stereocenters. The topological polar surface area (TPSA) is 34.1 Å². The van der Waals surface area contributed by atoms with E-state index in [-0.39, 0.29) is 23.4 Å². The molecule has 0 saturated carbocycles. The van der Waals surface area contributed by atoms with E-state index in [1.165, 1.54) is 0 Å². The second-order valence-corrected chi connectivity index (χ2v) is 4.03. The summed E-state index contributed by atoms with van der Waals surface area (Å²) in [5.74, 6) is -0.293. The number of hydrogen-bond acceptors (Lipinski definition) is 2. The predicted molar refractivity (Wildman–Crippen MR) is 62.2 cm³/mol. The first-order valence-electron chi connectivity index (χ1n) is 5.55. The molecule has 1 aromatic carbocycles. The lowest BCUT2D eigenvalue weighted by Crippen LogP contribution is -2.22. The molecule has 2 heteroatoms. The molecule has 2 nitrogen and oxygen atoms in total. The molecule has 0 radical (unpaired) electrons. The largest absolute Gasteiger partial charge is 0.295 e. The number of hydrogen-bond donors (Lipinski definition) is 0. The van der Waals surface area contributed by atoms with Crippen molar-refractivity contribution in [3.63, 3.8) is 0 Å². The van der Waals surface area contributed by atoms with Crippen molar-refractivity contribution in [2.75, 3.05) is 0 Å². The number of carbonyl (C=O) groups excluding carboxylic acids is 2. The third kappa shape index (κ3) is 1.83. The Morgan fingerprint density at radius 3 is 2.56 bits per heavy atom. The van der Waals surface area contributed by atoms with Crippen LogP contribution in [0.15, 0.2) is 42.5 Å². The van der Waals surface area contributed by atoms with E-state index in [2.05, 4.69) is 0 Å². The van der Waals surface area contributed by atoms with Gasteiger partial charge in [-0.15, -0.1) is 0 Å².